The molecule has 2 aliphatic rings. The van der Waals surface area contributed by atoms with E-state index in [1.807, 2.05) is 42.5 Å². The number of carbonyl (C=O) groups excluding carboxylic acids is 1. The number of fused-ring (bicyclic) bond motifs is 1. The van der Waals surface area contributed by atoms with Gasteiger partial charge in [-0.15, -0.1) is 0 Å². The lowest BCUT2D eigenvalue weighted by Gasteiger charge is -2.32. The normalized spacial score (nSPS) is 19.5. The van der Waals surface area contributed by atoms with Gasteiger partial charge < -0.3 is 5.32 Å². The SMILES string of the molecule is O=C(NCCS(=O)(=O)N1CCc2ccccc21)C1CCCN(Cc2ccccc2)C1. The summed E-state index contributed by atoms with van der Waals surface area (Å²) in [4.78, 5) is 15.0. The van der Waals surface area contributed by atoms with Gasteiger partial charge in [-0.05, 0) is 43.0 Å². The lowest BCUT2D eigenvalue weighted by atomic mass is 9.96. The molecule has 160 valence electrons. The molecule has 0 aliphatic carbocycles. The molecule has 0 spiro atoms. The smallest absolute Gasteiger partial charge is 0.236 e. The van der Waals surface area contributed by atoms with Gasteiger partial charge in [0.05, 0.1) is 17.4 Å². The van der Waals surface area contributed by atoms with Crippen molar-refractivity contribution in [3.63, 3.8) is 0 Å². The number of benzene rings is 2. The number of amides is 1. The number of hydrogen-bond acceptors (Lipinski definition) is 4. The predicted octanol–water partition coefficient (Wildman–Crippen LogP) is 2.41. The van der Waals surface area contributed by atoms with Gasteiger partial charge in [-0.1, -0.05) is 48.5 Å². The fraction of sp³-hybridized carbons (Fsp3) is 0.435. The Balaban J connectivity index is 1.27. The molecular formula is C23H29N3O3S. The van der Waals surface area contributed by atoms with Crippen molar-refractivity contribution in [3.05, 3.63) is 65.7 Å². The summed E-state index contributed by atoms with van der Waals surface area (Å²) < 4.78 is 27.0. The lowest BCUT2D eigenvalue weighted by molar-refractivity contribution is -0.126. The lowest BCUT2D eigenvalue weighted by Crippen LogP contribution is -2.44. The Bertz CT molecular complexity index is 978. The van der Waals surface area contributed by atoms with E-state index in [9.17, 15) is 13.2 Å². The molecule has 4 rings (SSSR count). The third kappa shape index (κ3) is 4.84. The van der Waals surface area contributed by atoms with E-state index in [0.29, 0.717) is 13.1 Å². The van der Waals surface area contributed by atoms with Crippen molar-refractivity contribution in [2.45, 2.75) is 25.8 Å². The van der Waals surface area contributed by atoms with Crippen LogP contribution in [0.5, 0.6) is 0 Å². The highest BCUT2D eigenvalue weighted by Crippen LogP contribution is 2.29. The molecule has 0 aromatic heterocycles. The number of piperidine rings is 1. The Morgan fingerprint density at radius 3 is 2.63 bits per heavy atom. The number of likely N-dealkylation sites (tertiary alicyclic amines) is 1. The molecule has 2 aliphatic heterocycles. The van der Waals surface area contributed by atoms with Gasteiger partial charge in [0, 0.05) is 26.2 Å². The fourth-order valence-corrected chi connectivity index (χ4v) is 5.84. The van der Waals surface area contributed by atoms with E-state index in [-0.39, 0.29) is 24.1 Å². The van der Waals surface area contributed by atoms with Crippen molar-refractivity contribution in [2.24, 2.45) is 5.92 Å². The van der Waals surface area contributed by atoms with Gasteiger partial charge in [-0.2, -0.15) is 0 Å². The first-order valence-electron chi connectivity index (χ1n) is 10.7. The minimum Gasteiger partial charge on any atom is -0.355 e. The van der Waals surface area contributed by atoms with Crippen LogP contribution < -0.4 is 9.62 Å². The van der Waals surface area contributed by atoms with E-state index >= 15 is 0 Å². The van der Waals surface area contributed by atoms with Crippen LogP contribution in [0.2, 0.25) is 0 Å². The molecule has 1 N–H and O–H groups in total. The van der Waals surface area contributed by atoms with Gasteiger partial charge in [0.2, 0.25) is 15.9 Å². The summed E-state index contributed by atoms with van der Waals surface area (Å²) in [7, 11) is -3.44. The summed E-state index contributed by atoms with van der Waals surface area (Å²) >= 11 is 0. The Kier molecular flexibility index (Phi) is 6.39. The van der Waals surface area contributed by atoms with Gasteiger partial charge >= 0.3 is 0 Å². The number of nitrogens with one attached hydrogen (secondary N) is 1. The topological polar surface area (TPSA) is 69.7 Å². The number of para-hydroxylation sites is 1. The largest absolute Gasteiger partial charge is 0.355 e. The van der Waals surface area contributed by atoms with E-state index in [2.05, 4.69) is 22.3 Å². The molecule has 0 bridgehead atoms. The van der Waals surface area contributed by atoms with Crippen LogP contribution in [0.4, 0.5) is 5.69 Å². The van der Waals surface area contributed by atoms with Crippen LogP contribution in [0.1, 0.15) is 24.0 Å². The van der Waals surface area contributed by atoms with Crippen molar-refractivity contribution >= 4 is 21.6 Å². The number of rotatable bonds is 7. The van der Waals surface area contributed by atoms with E-state index in [1.54, 1.807) is 0 Å². The molecule has 2 aromatic carbocycles. The maximum Gasteiger partial charge on any atom is 0.236 e. The van der Waals surface area contributed by atoms with Crippen LogP contribution in [0.25, 0.3) is 0 Å². The number of anilines is 1. The Labute approximate surface area is 178 Å². The molecule has 2 heterocycles. The highest BCUT2D eigenvalue weighted by molar-refractivity contribution is 7.92. The highest BCUT2D eigenvalue weighted by atomic mass is 32.2. The molecule has 6 nitrogen and oxygen atoms in total. The number of sulfonamides is 1. The molecule has 7 heteroatoms. The minimum atomic E-state index is -3.44. The summed E-state index contributed by atoms with van der Waals surface area (Å²) in [6.07, 6.45) is 2.57. The average Bonchev–Trinajstić information content (AvgIpc) is 3.20. The van der Waals surface area contributed by atoms with E-state index in [4.69, 9.17) is 0 Å². The second-order valence-electron chi connectivity index (χ2n) is 8.12. The summed E-state index contributed by atoms with van der Waals surface area (Å²) in [5.74, 6) is -0.199. The van der Waals surface area contributed by atoms with Gasteiger partial charge in [-0.25, -0.2) is 8.42 Å². The Morgan fingerprint density at radius 2 is 1.80 bits per heavy atom. The standard InChI is InChI=1S/C23H29N3O3S/c27-23(21-10-6-14-25(18-21)17-19-7-2-1-3-8-19)24-13-16-30(28,29)26-15-12-20-9-4-5-11-22(20)26/h1-5,7-9,11,21H,6,10,12-18H2,(H,24,27). The zero-order valence-corrected chi connectivity index (χ0v) is 18.0. The summed E-state index contributed by atoms with van der Waals surface area (Å²) in [5, 5.41) is 2.87. The first-order valence-corrected chi connectivity index (χ1v) is 12.3. The molecule has 1 amide bonds. The maximum atomic E-state index is 12.8. The van der Waals surface area contributed by atoms with Crippen LogP contribution in [-0.2, 0) is 27.8 Å². The van der Waals surface area contributed by atoms with Gasteiger partial charge in [-0.3, -0.25) is 14.0 Å². The maximum absolute atomic E-state index is 12.8. The van der Waals surface area contributed by atoms with Crippen molar-refractivity contribution < 1.29 is 13.2 Å². The summed E-state index contributed by atoms with van der Waals surface area (Å²) in [5.41, 5.74) is 3.08. The van der Waals surface area contributed by atoms with Crippen LogP contribution in [-0.4, -0.2) is 51.2 Å². The number of hydrogen-bond donors (Lipinski definition) is 1. The first-order chi connectivity index (χ1) is 14.5. The molecule has 0 radical (unpaired) electrons. The summed E-state index contributed by atoms with van der Waals surface area (Å²) in [6, 6.07) is 17.9. The molecular weight excluding hydrogens is 398 g/mol. The quantitative estimate of drug-likeness (QED) is 0.737. The third-order valence-electron chi connectivity index (χ3n) is 5.96. The zero-order chi connectivity index (χ0) is 21.0. The van der Waals surface area contributed by atoms with Crippen LogP contribution >= 0.6 is 0 Å². The fourth-order valence-electron chi connectivity index (χ4n) is 4.41. The van der Waals surface area contributed by atoms with Crippen LogP contribution in [0, 0.1) is 5.92 Å². The Morgan fingerprint density at radius 1 is 1.03 bits per heavy atom. The summed E-state index contributed by atoms with van der Waals surface area (Å²) in [6.45, 7) is 3.17. The number of carbonyl (C=O) groups is 1. The number of nitrogens with zero attached hydrogens (tertiary/aromatic N) is 2. The van der Waals surface area contributed by atoms with Crippen LogP contribution in [0.3, 0.4) is 0 Å². The monoisotopic (exact) mass is 427 g/mol. The van der Waals surface area contributed by atoms with Gasteiger partial charge in [0.25, 0.3) is 0 Å². The minimum absolute atomic E-state index is 0.0372. The molecule has 0 saturated carbocycles. The van der Waals surface area contributed by atoms with Gasteiger partial charge in [0.15, 0.2) is 0 Å². The Hall–Kier alpha value is -2.38. The van der Waals surface area contributed by atoms with Crippen molar-refractivity contribution in [1.82, 2.24) is 10.2 Å². The van der Waals surface area contributed by atoms with Crippen molar-refractivity contribution in [3.8, 4) is 0 Å². The predicted molar refractivity (Wildman–Crippen MR) is 119 cm³/mol. The second-order valence-corrected chi connectivity index (χ2v) is 10.1. The van der Waals surface area contributed by atoms with E-state index in [1.165, 1.54) is 9.87 Å². The molecule has 1 saturated heterocycles. The molecule has 1 unspecified atom stereocenters. The second kappa shape index (κ2) is 9.18. The zero-order valence-electron chi connectivity index (χ0n) is 17.2. The van der Waals surface area contributed by atoms with Crippen molar-refractivity contribution in [2.75, 3.05) is 36.2 Å². The van der Waals surface area contributed by atoms with Gasteiger partial charge in [0.1, 0.15) is 0 Å². The molecule has 30 heavy (non-hydrogen) atoms. The van der Waals surface area contributed by atoms with Crippen molar-refractivity contribution in [1.29, 1.82) is 0 Å². The highest BCUT2D eigenvalue weighted by Gasteiger charge is 2.30. The average molecular weight is 428 g/mol. The van der Waals surface area contributed by atoms with Crippen LogP contribution in [0.15, 0.2) is 54.6 Å². The molecule has 2 aromatic rings. The third-order valence-corrected chi connectivity index (χ3v) is 7.74. The first kappa shape index (κ1) is 20.9. The van der Waals surface area contributed by atoms with E-state index in [0.717, 1.165) is 43.6 Å². The molecule has 1 fully saturated rings. The molecule has 1 atom stereocenters. The van der Waals surface area contributed by atoms with E-state index < -0.39 is 10.0 Å².